The lowest BCUT2D eigenvalue weighted by Crippen LogP contribution is -2.46. The molecule has 0 atom stereocenters. The van der Waals surface area contributed by atoms with Crippen LogP contribution < -0.4 is 10.7 Å². The molecule has 3 rings (SSSR count). The third kappa shape index (κ3) is 4.64. The number of nitrogens with one attached hydrogen (secondary N) is 2. The second-order valence-corrected chi connectivity index (χ2v) is 7.94. The molecule has 0 aliphatic carbocycles. The van der Waals surface area contributed by atoms with E-state index in [4.69, 9.17) is 40.7 Å². The van der Waals surface area contributed by atoms with E-state index < -0.39 is 11.9 Å². The molecular weight excluding hydrogens is 439 g/mol. The monoisotopic (exact) mass is 448 g/mol. The van der Waals surface area contributed by atoms with Crippen molar-refractivity contribution in [1.29, 1.82) is 5.26 Å². The maximum atomic E-state index is 12.5. The average Bonchev–Trinajstić information content (AvgIpc) is 2.93. The Bertz CT molecular complexity index is 1050. The molecule has 28 heavy (non-hydrogen) atoms. The minimum absolute atomic E-state index is 0.189. The molecule has 1 fully saturated rings. The summed E-state index contributed by atoms with van der Waals surface area (Å²) >= 11 is 18.0. The van der Waals surface area contributed by atoms with Crippen molar-refractivity contribution in [2.45, 2.75) is 0 Å². The number of urea groups is 1. The number of benzene rings is 2. The smallest absolute Gasteiger partial charge is 0.307 e. The number of anilines is 1. The molecule has 2 N–H and O–H groups in total. The third-order valence-corrected chi connectivity index (χ3v) is 5.56. The number of thioether (sulfide) groups is 1. The number of carbonyl (C=O) groups excluding carboxylic acids is 2. The molecule has 0 unspecified atom stereocenters. The van der Waals surface area contributed by atoms with E-state index in [1.165, 1.54) is 6.07 Å². The van der Waals surface area contributed by atoms with E-state index in [1.807, 2.05) is 6.07 Å². The molecule has 10 heteroatoms. The average molecular weight is 449 g/mol. The number of hydrazine groups is 1. The van der Waals surface area contributed by atoms with Gasteiger partial charge in [-0.05, 0) is 54.2 Å². The fourth-order valence-corrected chi connectivity index (χ4v) is 3.68. The van der Waals surface area contributed by atoms with Crippen molar-refractivity contribution in [3.05, 3.63) is 68.5 Å². The van der Waals surface area contributed by atoms with Gasteiger partial charge in [0, 0.05) is 5.69 Å². The molecule has 1 aliphatic heterocycles. The van der Waals surface area contributed by atoms with Gasteiger partial charge in [-0.15, -0.1) is 0 Å². The van der Waals surface area contributed by atoms with Crippen molar-refractivity contribution >= 4 is 75.2 Å². The van der Waals surface area contributed by atoms with Gasteiger partial charge in [-0.1, -0.05) is 47.1 Å². The van der Waals surface area contributed by atoms with E-state index in [0.717, 1.165) is 22.3 Å². The molecule has 2 aromatic rings. The number of nitrogens with zero attached hydrogens (tertiary/aromatic N) is 2. The van der Waals surface area contributed by atoms with Crippen LogP contribution >= 0.6 is 47.2 Å². The zero-order valence-electron chi connectivity index (χ0n) is 13.9. The van der Waals surface area contributed by atoms with E-state index in [9.17, 15) is 9.59 Å². The van der Waals surface area contributed by atoms with Gasteiger partial charge in [0.2, 0.25) is 0 Å². The summed E-state index contributed by atoms with van der Waals surface area (Å²) in [5.74, 6) is -0.455. The van der Waals surface area contributed by atoms with Gasteiger partial charge < -0.3 is 5.32 Å². The summed E-state index contributed by atoms with van der Waals surface area (Å²) in [5.41, 5.74) is 4.07. The fourth-order valence-electron chi connectivity index (χ4n) is 2.20. The highest BCUT2D eigenvalue weighted by molar-refractivity contribution is 8.26. The number of nitriles is 1. The van der Waals surface area contributed by atoms with Crippen LogP contribution in [0.3, 0.4) is 0 Å². The van der Waals surface area contributed by atoms with Crippen LogP contribution in [0.5, 0.6) is 0 Å². The Labute approximate surface area is 180 Å². The molecule has 1 saturated heterocycles. The van der Waals surface area contributed by atoms with Crippen LogP contribution in [0.2, 0.25) is 10.0 Å². The maximum Gasteiger partial charge on any atom is 0.338 e. The van der Waals surface area contributed by atoms with Crippen LogP contribution in [-0.2, 0) is 4.79 Å². The van der Waals surface area contributed by atoms with Gasteiger partial charge in [-0.2, -0.15) is 10.3 Å². The highest BCUT2D eigenvalue weighted by Crippen LogP contribution is 2.31. The second-order valence-electron chi connectivity index (χ2n) is 5.45. The number of carbonyl (C=O) groups is 2. The van der Waals surface area contributed by atoms with E-state index in [-0.39, 0.29) is 9.34 Å². The first kappa shape index (κ1) is 20.2. The topological polar surface area (TPSA) is 85.2 Å². The molecule has 0 aromatic heterocycles. The van der Waals surface area contributed by atoms with Crippen LogP contribution in [0.4, 0.5) is 10.5 Å². The maximum absolute atomic E-state index is 12.5. The summed E-state index contributed by atoms with van der Waals surface area (Å²) in [6.45, 7) is 0. The first-order valence-electron chi connectivity index (χ1n) is 7.68. The number of rotatable bonds is 3. The van der Waals surface area contributed by atoms with Crippen LogP contribution in [0.25, 0.3) is 6.08 Å². The van der Waals surface area contributed by atoms with Gasteiger partial charge in [0.15, 0.2) is 4.32 Å². The van der Waals surface area contributed by atoms with Crippen LogP contribution in [-0.4, -0.2) is 21.3 Å². The van der Waals surface area contributed by atoms with Crippen molar-refractivity contribution in [2.24, 2.45) is 0 Å². The van der Waals surface area contributed by atoms with Crippen LogP contribution in [0.1, 0.15) is 11.1 Å². The molecule has 2 aromatic carbocycles. The Kier molecular flexibility index (Phi) is 6.21. The van der Waals surface area contributed by atoms with Crippen molar-refractivity contribution in [3.63, 3.8) is 0 Å². The summed E-state index contributed by atoms with van der Waals surface area (Å²) in [4.78, 5) is 25.1. The molecule has 1 aliphatic rings. The molecule has 140 valence electrons. The molecular formula is C18H10Cl2N4O2S2. The first-order valence-corrected chi connectivity index (χ1v) is 9.66. The SMILES string of the molecule is N#Cc1ccc(/C=C2/SC(=S)N(NC(=O)Nc3ccc(Cl)c(Cl)c3)C2=O)cc1. The lowest BCUT2D eigenvalue weighted by atomic mass is 10.1. The molecule has 1 heterocycles. The fraction of sp³-hybridized carbons (Fsp3) is 0. The summed E-state index contributed by atoms with van der Waals surface area (Å²) < 4.78 is 0.189. The molecule has 0 radical (unpaired) electrons. The predicted octanol–water partition coefficient (Wildman–Crippen LogP) is 4.80. The molecule has 0 bridgehead atoms. The zero-order valence-corrected chi connectivity index (χ0v) is 17.0. The largest absolute Gasteiger partial charge is 0.338 e. The van der Waals surface area contributed by atoms with Crippen LogP contribution in [0, 0.1) is 11.3 Å². The highest BCUT2D eigenvalue weighted by atomic mass is 35.5. The second kappa shape index (κ2) is 8.63. The Morgan fingerprint density at radius 3 is 2.54 bits per heavy atom. The van der Waals surface area contributed by atoms with Gasteiger partial charge in [0.05, 0.1) is 26.6 Å². The Morgan fingerprint density at radius 1 is 1.18 bits per heavy atom. The van der Waals surface area contributed by atoms with Gasteiger partial charge in [-0.25, -0.2) is 10.2 Å². The minimum atomic E-state index is -0.658. The van der Waals surface area contributed by atoms with Gasteiger partial charge in [0.25, 0.3) is 5.91 Å². The lowest BCUT2D eigenvalue weighted by molar-refractivity contribution is -0.123. The number of halogens is 2. The van der Waals surface area contributed by atoms with E-state index in [0.29, 0.717) is 21.2 Å². The zero-order chi connectivity index (χ0) is 20.3. The van der Waals surface area contributed by atoms with Crippen molar-refractivity contribution in [1.82, 2.24) is 10.4 Å². The third-order valence-electron chi connectivity index (χ3n) is 3.52. The van der Waals surface area contributed by atoms with E-state index >= 15 is 0 Å². The molecule has 0 spiro atoms. The van der Waals surface area contributed by atoms with Crippen molar-refractivity contribution in [3.8, 4) is 6.07 Å². The summed E-state index contributed by atoms with van der Waals surface area (Å²) in [6.07, 6.45) is 1.64. The Balaban J connectivity index is 1.69. The van der Waals surface area contributed by atoms with Gasteiger partial charge in [0.1, 0.15) is 0 Å². The quantitative estimate of drug-likeness (QED) is 0.519. The summed E-state index contributed by atoms with van der Waals surface area (Å²) in [6, 6.07) is 12.7. The Morgan fingerprint density at radius 2 is 1.89 bits per heavy atom. The summed E-state index contributed by atoms with van der Waals surface area (Å²) in [5, 5.41) is 13.0. The van der Waals surface area contributed by atoms with E-state index in [1.54, 1.807) is 42.5 Å². The van der Waals surface area contributed by atoms with Gasteiger partial charge in [-0.3, -0.25) is 4.79 Å². The molecule has 0 saturated carbocycles. The molecule has 3 amide bonds. The van der Waals surface area contributed by atoms with Crippen molar-refractivity contribution in [2.75, 3.05) is 5.32 Å². The van der Waals surface area contributed by atoms with Crippen molar-refractivity contribution < 1.29 is 9.59 Å². The predicted molar refractivity (Wildman–Crippen MR) is 115 cm³/mol. The number of hydrogen-bond donors (Lipinski definition) is 2. The number of hydrogen-bond acceptors (Lipinski definition) is 5. The standard InChI is InChI=1S/C18H10Cl2N4O2S2/c19-13-6-5-12(8-14(13)20)22-17(26)23-24-16(25)15(28-18(24)27)7-10-1-3-11(9-21)4-2-10/h1-8H,(H2,22,23,26)/b15-7+. The lowest BCUT2D eigenvalue weighted by Gasteiger charge is -2.16. The summed E-state index contributed by atoms with van der Waals surface area (Å²) in [7, 11) is 0. The first-order chi connectivity index (χ1) is 13.4. The number of amides is 3. The van der Waals surface area contributed by atoms with E-state index in [2.05, 4.69) is 10.7 Å². The normalized spacial score (nSPS) is 14.9. The Hall–Kier alpha value is -2.57. The van der Waals surface area contributed by atoms with Crippen LogP contribution in [0.15, 0.2) is 47.4 Å². The highest BCUT2D eigenvalue weighted by Gasteiger charge is 2.33. The minimum Gasteiger partial charge on any atom is -0.307 e. The molecule has 6 nitrogen and oxygen atoms in total. The number of thiocarbonyl (C=S) groups is 1. The van der Waals surface area contributed by atoms with Gasteiger partial charge >= 0.3 is 6.03 Å².